The molecule has 0 saturated heterocycles. The number of sulfonamides is 1. The summed E-state index contributed by atoms with van der Waals surface area (Å²) in [6, 6.07) is 13.3. The topological polar surface area (TPSA) is 111 Å². The number of anilines is 1. The number of rotatable bonds is 9. The lowest BCUT2D eigenvalue weighted by Gasteiger charge is -2.16. The van der Waals surface area contributed by atoms with E-state index in [1.54, 1.807) is 50.2 Å². The quantitative estimate of drug-likeness (QED) is 0.602. The fraction of sp³-hybridized carbons (Fsp3) is 0.300. The smallest absolute Gasteiger partial charge is 0.347 e. The summed E-state index contributed by atoms with van der Waals surface area (Å²) in [7, 11) is -2.35. The van der Waals surface area contributed by atoms with E-state index in [0.717, 1.165) is 0 Å². The van der Waals surface area contributed by atoms with E-state index in [0.29, 0.717) is 17.7 Å². The highest BCUT2D eigenvalue weighted by Gasteiger charge is 2.21. The second-order valence-electron chi connectivity index (χ2n) is 6.17. The van der Waals surface area contributed by atoms with Gasteiger partial charge in [0, 0.05) is 5.69 Å². The van der Waals surface area contributed by atoms with Crippen molar-refractivity contribution in [2.45, 2.75) is 31.3 Å². The third-order valence-electron chi connectivity index (χ3n) is 4.03. The highest BCUT2D eigenvalue weighted by Crippen LogP contribution is 2.20. The number of hydrogen-bond donors (Lipinski definition) is 2. The van der Waals surface area contributed by atoms with Crippen LogP contribution in [0.3, 0.4) is 0 Å². The number of nitrogens with one attached hydrogen (secondary N) is 2. The van der Waals surface area contributed by atoms with Crippen molar-refractivity contribution in [1.29, 1.82) is 0 Å². The van der Waals surface area contributed by atoms with Crippen molar-refractivity contribution in [3.05, 3.63) is 54.1 Å². The molecule has 2 aromatic carbocycles. The fourth-order valence-electron chi connectivity index (χ4n) is 2.47. The van der Waals surface area contributed by atoms with Crippen LogP contribution in [-0.2, 0) is 24.3 Å². The minimum absolute atomic E-state index is 0.0529. The molecule has 1 atom stereocenters. The number of ether oxygens (including phenoxy) is 2. The summed E-state index contributed by atoms with van der Waals surface area (Å²) in [5.41, 5.74) is 0.811. The second-order valence-corrected chi connectivity index (χ2v) is 8.03. The Labute approximate surface area is 170 Å². The first-order valence-electron chi connectivity index (χ1n) is 8.99. The molecular formula is C20H24N2O6S. The molecule has 9 heteroatoms. The maximum atomic E-state index is 12.2. The zero-order valence-corrected chi connectivity index (χ0v) is 17.3. The van der Waals surface area contributed by atoms with Gasteiger partial charge in [0.2, 0.25) is 10.0 Å². The van der Waals surface area contributed by atoms with Gasteiger partial charge in [-0.25, -0.2) is 17.9 Å². The normalized spacial score (nSPS) is 12.1. The molecule has 0 bridgehead atoms. The van der Waals surface area contributed by atoms with Gasteiger partial charge in [-0.15, -0.1) is 0 Å². The monoisotopic (exact) mass is 420 g/mol. The van der Waals surface area contributed by atoms with E-state index >= 15 is 0 Å². The first-order valence-corrected chi connectivity index (χ1v) is 10.5. The largest absolute Gasteiger partial charge is 0.479 e. The maximum absolute atomic E-state index is 12.2. The van der Waals surface area contributed by atoms with Crippen LogP contribution >= 0.6 is 0 Å². The molecule has 0 aliphatic heterocycles. The van der Waals surface area contributed by atoms with Gasteiger partial charge in [-0.1, -0.05) is 31.2 Å². The number of hydrogen-bond acceptors (Lipinski definition) is 6. The zero-order valence-electron chi connectivity index (χ0n) is 16.5. The van der Waals surface area contributed by atoms with Gasteiger partial charge in [-0.05, 0) is 50.2 Å². The molecule has 156 valence electrons. The molecule has 0 radical (unpaired) electrons. The van der Waals surface area contributed by atoms with Crippen LogP contribution in [0.4, 0.5) is 5.69 Å². The number of benzene rings is 2. The molecule has 2 rings (SSSR count). The van der Waals surface area contributed by atoms with E-state index in [1.807, 2.05) is 6.07 Å². The predicted octanol–water partition coefficient (Wildman–Crippen LogP) is 2.24. The Balaban J connectivity index is 1.95. The highest BCUT2D eigenvalue weighted by atomic mass is 32.2. The summed E-state index contributed by atoms with van der Waals surface area (Å²) < 4.78 is 36.9. The molecule has 2 N–H and O–H groups in total. The van der Waals surface area contributed by atoms with Crippen molar-refractivity contribution in [1.82, 2.24) is 4.72 Å². The number of aryl methyl sites for hydroxylation is 1. The molecule has 29 heavy (non-hydrogen) atoms. The van der Waals surface area contributed by atoms with Crippen molar-refractivity contribution >= 4 is 27.6 Å². The third kappa shape index (κ3) is 6.30. The number of amides is 1. The van der Waals surface area contributed by atoms with E-state index in [4.69, 9.17) is 9.47 Å². The Morgan fingerprint density at radius 1 is 1.10 bits per heavy atom. The van der Waals surface area contributed by atoms with Crippen molar-refractivity contribution in [3.8, 4) is 5.75 Å². The van der Waals surface area contributed by atoms with Crippen molar-refractivity contribution < 1.29 is 27.5 Å². The number of carbonyl (C=O) groups is 2. The molecule has 1 amide bonds. The highest BCUT2D eigenvalue weighted by molar-refractivity contribution is 7.89. The predicted molar refractivity (Wildman–Crippen MR) is 108 cm³/mol. The Morgan fingerprint density at radius 3 is 2.41 bits per heavy atom. The fourth-order valence-corrected chi connectivity index (χ4v) is 3.46. The summed E-state index contributed by atoms with van der Waals surface area (Å²) >= 11 is 0. The van der Waals surface area contributed by atoms with Gasteiger partial charge in [-0.3, -0.25) is 4.79 Å². The van der Waals surface area contributed by atoms with Crippen LogP contribution in [0.25, 0.3) is 0 Å². The molecule has 0 aliphatic rings. The number of carbonyl (C=O) groups excluding carboxylic acids is 2. The van der Waals surface area contributed by atoms with E-state index in [-0.39, 0.29) is 10.6 Å². The lowest BCUT2D eigenvalue weighted by Crippen LogP contribution is -2.31. The van der Waals surface area contributed by atoms with E-state index in [2.05, 4.69) is 10.0 Å². The average molecular weight is 420 g/mol. The summed E-state index contributed by atoms with van der Waals surface area (Å²) in [6.07, 6.45) is -0.463. The molecule has 2 aromatic rings. The second kappa shape index (κ2) is 10.0. The number of esters is 1. The first kappa shape index (κ1) is 22.4. The van der Waals surface area contributed by atoms with Crippen LogP contribution in [0.15, 0.2) is 53.4 Å². The zero-order chi connectivity index (χ0) is 21.4. The molecule has 0 fully saturated rings. The van der Waals surface area contributed by atoms with Gasteiger partial charge < -0.3 is 14.8 Å². The molecule has 0 heterocycles. The number of para-hydroxylation sites is 1. The van der Waals surface area contributed by atoms with Crippen LogP contribution in [0, 0.1) is 6.92 Å². The molecule has 0 aromatic heterocycles. The van der Waals surface area contributed by atoms with Crippen molar-refractivity contribution in [3.63, 3.8) is 0 Å². The van der Waals surface area contributed by atoms with Crippen LogP contribution in [-0.4, -0.2) is 40.1 Å². The lowest BCUT2D eigenvalue weighted by atomic mass is 10.2. The Bertz CT molecular complexity index is 960. The van der Waals surface area contributed by atoms with Crippen LogP contribution in [0.1, 0.15) is 18.9 Å². The van der Waals surface area contributed by atoms with Crippen molar-refractivity contribution in [2.75, 3.05) is 19.0 Å². The van der Waals surface area contributed by atoms with Gasteiger partial charge >= 0.3 is 5.97 Å². The summed E-state index contributed by atoms with van der Waals surface area (Å²) in [6.45, 7) is 2.90. The summed E-state index contributed by atoms with van der Waals surface area (Å²) in [4.78, 5) is 24.4. The third-order valence-corrected chi connectivity index (χ3v) is 5.59. The lowest BCUT2D eigenvalue weighted by molar-refractivity contribution is -0.154. The van der Waals surface area contributed by atoms with E-state index in [9.17, 15) is 18.0 Å². The van der Waals surface area contributed by atoms with Crippen molar-refractivity contribution in [2.24, 2.45) is 0 Å². The minimum Gasteiger partial charge on any atom is -0.479 e. The summed E-state index contributed by atoms with van der Waals surface area (Å²) in [5.74, 6) is -0.725. The molecular weight excluding hydrogens is 396 g/mol. The summed E-state index contributed by atoms with van der Waals surface area (Å²) in [5, 5.41) is 2.52. The van der Waals surface area contributed by atoms with Gasteiger partial charge in [-0.2, -0.15) is 0 Å². The average Bonchev–Trinajstić information content (AvgIpc) is 2.72. The first-order chi connectivity index (χ1) is 13.8. The van der Waals surface area contributed by atoms with Crippen LogP contribution in [0.2, 0.25) is 0 Å². The van der Waals surface area contributed by atoms with Gasteiger partial charge in [0.05, 0.1) is 4.90 Å². The van der Waals surface area contributed by atoms with E-state index < -0.39 is 34.6 Å². The molecule has 8 nitrogen and oxygen atoms in total. The van der Waals surface area contributed by atoms with E-state index in [1.165, 1.54) is 13.1 Å². The molecule has 0 spiro atoms. The van der Waals surface area contributed by atoms with Gasteiger partial charge in [0.1, 0.15) is 5.75 Å². The van der Waals surface area contributed by atoms with Gasteiger partial charge in [0.15, 0.2) is 12.7 Å². The SMILES string of the molecule is CC[C@H](Oc1ccccc1)C(=O)OCC(=O)Nc1ccc(C)c(S(=O)(=O)NC)c1. The standard InChI is InChI=1S/C20H24N2O6S/c1-4-17(28-16-8-6-5-7-9-16)20(24)27-13-19(23)22-15-11-10-14(2)18(12-15)29(25,26)21-3/h5-12,17,21H,4,13H2,1-3H3,(H,22,23)/t17-/m0/s1. The van der Waals surface area contributed by atoms with Gasteiger partial charge in [0.25, 0.3) is 5.91 Å². The Kier molecular flexibility index (Phi) is 7.74. The Morgan fingerprint density at radius 2 is 1.79 bits per heavy atom. The molecule has 0 unspecified atom stereocenters. The molecule has 0 saturated carbocycles. The van der Waals surface area contributed by atoms with Crippen LogP contribution in [0.5, 0.6) is 5.75 Å². The van der Waals surface area contributed by atoms with Crippen LogP contribution < -0.4 is 14.8 Å². The Hall–Kier alpha value is -2.91. The minimum atomic E-state index is -3.66. The molecule has 0 aliphatic carbocycles. The maximum Gasteiger partial charge on any atom is 0.347 e.